The second kappa shape index (κ2) is 9.69. The van der Waals surface area contributed by atoms with E-state index in [2.05, 4.69) is 12.2 Å². The molecule has 1 unspecified atom stereocenters. The summed E-state index contributed by atoms with van der Waals surface area (Å²) in [5.41, 5.74) is 1.26. The number of carbonyl (C=O) groups excluding carboxylic acids is 1. The van der Waals surface area contributed by atoms with Crippen LogP contribution in [0, 0.1) is 0 Å². The Balaban J connectivity index is 1.96. The Morgan fingerprint density at radius 2 is 1.84 bits per heavy atom. The van der Waals surface area contributed by atoms with Crippen molar-refractivity contribution < 1.29 is 19.0 Å². The lowest BCUT2D eigenvalue weighted by Crippen LogP contribution is -2.13. The van der Waals surface area contributed by atoms with Gasteiger partial charge in [0.2, 0.25) is 0 Å². The number of anilines is 1. The van der Waals surface area contributed by atoms with Gasteiger partial charge in [0, 0.05) is 18.4 Å². The molecule has 1 N–H and O–H groups in total. The molecule has 5 nitrogen and oxygen atoms in total. The average molecular weight is 343 g/mol. The van der Waals surface area contributed by atoms with E-state index >= 15 is 0 Å². The third-order valence-electron chi connectivity index (χ3n) is 3.68. The molecule has 1 amide bonds. The van der Waals surface area contributed by atoms with Crippen LogP contribution in [0.1, 0.15) is 30.6 Å². The summed E-state index contributed by atoms with van der Waals surface area (Å²) in [5.74, 6) is 1.26. The number of carbonyl (C=O) groups is 1. The summed E-state index contributed by atoms with van der Waals surface area (Å²) in [7, 11) is 1.63. The highest BCUT2D eigenvalue weighted by Gasteiger charge is 2.09. The highest BCUT2D eigenvalue weighted by atomic mass is 16.5. The Morgan fingerprint density at radius 1 is 1.08 bits per heavy atom. The van der Waals surface area contributed by atoms with Crippen molar-refractivity contribution in [2.24, 2.45) is 0 Å². The van der Waals surface area contributed by atoms with E-state index in [0.29, 0.717) is 30.2 Å². The molecular formula is C20H25NO4. The zero-order valence-corrected chi connectivity index (χ0v) is 15.0. The maximum absolute atomic E-state index is 12.4. The number of hydrogen-bond donors (Lipinski definition) is 1. The molecule has 5 heteroatoms. The minimum Gasteiger partial charge on any atom is -0.491 e. The third kappa shape index (κ3) is 6.12. The van der Waals surface area contributed by atoms with Crippen molar-refractivity contribution in [2.75, 3.05) is 25.6 Å². The van der Waals surface area contributed by atoms with Crippen molar-refractivity contribution in [3.05, 3.63) is 54.1 Å². The van der Waals surface area contributed by atoms with Gasteiger partial charge in [-0.1, -0.05) is 13.0 Å². The third-order valence-corrected chi connectivity index (χ3v) is 3.68. The predicted octanol–water partition coefficient (Wildman–Crippen LogP) is 4.14. The molecule has 2 aromatic rings. The molecule has 2 aromatic carbocycles. The second-order valence-corrected chi connectivity index (χ2v) is 5.68. The summed E-state index contributed by atoms with van der Waals surface area (Å²) >= 11 is 0. The van der Waals surface area contributed by atoms with Crippen molar-refractivity contribution in [1.82, 2.24) is 0 Å². The van der Waals surface area contributed by atoms with Crippen LogP contribution in [-0.4, -0.2) is 32.3 Å². The molecule has 0 aromatic heterocycles. The summed E-state index contributed by atoms with van der Waals surface area (Å²) in [6.07, 6.45) is 1.03. The average Bonchev–Trinajstić information content (AvgIpc) is 2.63. The molecule has 0 fully saturated rings. The maximum Gasteiger partial charge on any atom is 0.255 e. The van der Waals surface area contributed by atoms with Crippen LogP contribution in [0.5, 0.6) is 11.5 Å². The monoisotopic (exact) mass is 343 g/mol. The lowest BCUT2D eigenvalue weighted by atomic mass is 10.2. The lowest BCUT2D eigenvalue weighted by molar-refractivity contribution is 0.102. The smallest absolute Gasteiger partial charge is 0.255 e. The van der Waals surface area contributed by atoms with Gasteiger partial charge in [0.05, 0.1) is 12.7 Å². The first-order chi connectivity index (χ1) is 12.1. The van der Waals surface area contributed by atoms with Gasteiger partial charge in [-0.15, -0.1) is 0 Å². The molecule has 0 saturated carbocycles. The SMILES string of the molecule is CCC(C)Oc1cccc(C(=O)Nc2ccc(OCCOC)cc2)c1. The number of rotatable bonds is 9. The highest BCUT2D eigenvalue weighted by Crippen LogP contribution is 2.19. The van der Waals surface area contributed by atoms with Crippen LogP contribution in [-0.2, 0) is 4.74 Å². The van der Waals surface area contributed by atoms with Gasteiger partial charge in [0.25, 0.3) is 5.91 Å². The Hall–Kier alpha value is -2.53. The zero-order chi connectivity index (χ0) is 18.1. The summed E-state index contributed by atoms with van der Waals surface area (Å²) in [4.78, 5) is 12.4. The van der Waals surface area contributed by atoms with Gasteiger partial charge >= 0.3 is 0 Å². The Labute approximate surface area is 148 Å². The van der Waals surface area contributed by atoms with Crippen molar-refractivity contribution in [1.29, 1.82) is 0 Å². The minimum absolute atomic E-state index is 0.115. The molecule has 2 rings (SSSR count). The van der Waals surface area contributed by atoms with Gasteiger partial charge in [0.1, 0.15) is 18.1 Å². The number of methoxy groups -OCH3 is 1. The first-order valence-corrected chi connectivity index (χ1v) is 8.42. The van der Waals surface area contributed by atoms with E-state index in [0.717, 1.165) is 12.2 Å². The molecule has 0 aliphatic rings. The molecule has 134 valence electrons. The van der Waals surface area contributed by atoms with E-state index in [-0.39, 0.29) is 12.0 Å². The van der Waals surface area contributed by atoms with Crippen molar-refractivity contribution in [3.8, 4) is 11.5 Å². The fourth-order valence-electron chi connectivity index (χ4n) is 2.11. The van der Waals surface area contributed by atoms with E-state index in [1.165, 1.54) is 0 Å². The van der Waals surface area contributed by atoms with Gasteiger partial charge < -0.3 is 19.5 Å². The van der Waals surface area contributed by atoms with E-state index in [4.69, 9.17) is 14.2 Å². The minimum atomic E-state index is -0.178. The van der Waals surface area contributed by atoms with Crippen LogP contribution in [0.2, 0.25) is 0 Å². The van der Waals surface area contributed by atoms with Crippen LogP contribution >= 0.6 is 0 Å². The Kier molecular flexibility index (Phi) is 7.29. The molecule has 0 heterocycles. The molecule has 25 heavy (non-hydrogen) atoms. The van der Waals surface area contributed by atoms with Crippen LogP contribution in [0.3, 0.4) is 0 Å². The molecule has 0 aliphatic heterocycles. The molecule has 0 radical (unpaired) electrons. The normalized spacial score (nSPS) is 11.6. The molecule has 0 aliphatic carbocycles. The van der Waals surface area contributed by atoms with Gasteiger partial charge in [-0.3, -0.25) is 4.79 Å². The van der Waals surface area contributed by atoms with Crippen LogP contribution < -0.4 is 14.8 Å². The largest absolute Gasteiger partial charge is 0.491 e. The van der Waals surface area contributed by atoms with Crippen LogP contribution in [0.15, 0.2) is 48.5 Å². The number of nitrogens with one attached hydrogen (secondary N) is 1. The zero-order valence-electron chi connectivity index (χ0n) is 15.0. The van der Waals surface area contributed by atoms with Crippen molar-refractivity contribution >= 4 is 11.6 Å². The predicted molar refractivity (Wildman–Crippen MR) is 98.6 cm³/mol. The Bertz CT molecular complexity index is 670. The van der Waals surface area contributed by atoms with Gasteiger partial charge in [-0.2, -0.15) is 0 Å². The number of benzene rings is 2. The standard InChI is InChI=1S/C20H25NO4/c1-4-15(2)25-19-7-5-6-16(14-19)20(22)21-17-8-10-18(11-9-17)24-13-12-23-3/h5-11,14-15H,4,12-13H2,1-3H3,(H,21,22). The molecule has 0 bridgehead atoms. The summed E-state index contributed by atoms with van der Waals surface area (Å²) < 4.78 is 16.2. The van der Waals surface area contributed by atoms with Gasteiger partial charge in [-0.25, -0.2) is 0 Å². The quantitative estimate of drug-likeness (QED) is 0.695. The molecule has 1 atom stereocenters. The van der Waals surface area contributed by atoms with Crippen LogP contribution in [0.4, 0.5) is 5.69 Å². The first-order valence-electron chi connectivity index (χ1n) is 8.42. The van der Waals surface area contributed by atoms with Gasteiger partial charge in [-0.05, 0) is 55.8 Å². The summed E-state index contributed by atoms with van der Waals surface area (Å²) in [6.45, 7) is 5.09. The first kappa shape index (κ1) is 18.8. The van der Waals surface area contributed by atoms with E-state index in [9.17, 15) is 4.79 Å². The number of amides is 1. The molecular weight excluding hydrogens is 318 g/mol. The summed E-state index contributed by atoms with van der Waals surface area (Å²) in [5, 5.41) is 2.87. The van der Waals surface area contributed by atoms with Crippen molar-refractivity contribution in [2.45, 2.75) is 26.4 Å². The summed E-state index contributed by atoms with van der Waals surface area (Å²) in [6, 6.07) is 14.4. The topological polar surface area (TPSA) is 56.8 Å². The van der Waals surface area contributed by atoms with Gasteiger partial charge in [0.15, 0.2) is 0 Å². The fraction of sp³-hybridized carbons (Fsp3) is 0.350. The van der Waals surface area contributed by atoms with E-state index < -0.39 is 0 Å². The highest BCUT2D eigenvalue weighted by molar-refractivity contribution is 6.04. The molecule has 0 saturated heterocycles. The van der Waals surface area contributed by atoms with E-state index in [1.54, 1.807) is 31.4 Å². The Morgan fingerprint density at radius 3 is 2.52 bits per heavy atom. The number of hydrogen-bond acceptors (Lipinski definition) is 4. The number of ether oxygens (including phenoxy) is 3. The van der Waals surface area contributed by atoms with E-state index in [1.807, 2.05) is 31.2 Å². The fourth-order valence-corrected chi connectivity index (χ4v) is 2.11. The van der Waals surface area contributed by atoms with Crippen molar-refractivity contribution in [3.63, 3.8) is 0 Å². The molecule has 0 spiro atoms. The second-order valence-electron chi connectivity index (χ2n) is 5.68. The van der Waals surface area contributed by atoms with Crippen LogP contribution in [0.25, 0.3) is 0 Å². The maximum atomic E-state index is 12.4. The lowest BCUT2D eigenvalue weighted by Gasteiger charge is -2.13.